The number of hydrogen-bond donors (Lipinski definition) is 0. The Hall–Kier alpha value is -2.60. The smallest absolute Gasteiger partial charge is 0.254 e. The molecule has 1 amide bonds. The highest BCUT2D eigenvalue weighted by molar-refractivity contribution is 5.95. The van der Waals surface area contributed by atoms with Crippen molar-refractivity contribution < 1.29 is 18.7 Å². The fourth-order valence-corrected chi connectivity index (χ4v) is 3.39. The molecule has 1 fully saturated rings. The summed E-state index contributed by atoms with van der Waals surface area (Å²) in [6.07, 6.45) is 0.914. The second-order valence-electron chi connectivity index (χ2n) is 6.62. The van der Waals surface area contributed by atoms with Gasteiger partial charge in [-0.1, -0.05) is 12.1 Å². The van der Waals surface area contributed by atoms with Gasteiger partial charge in [0.05, 0.1) is 0 Å². The van der Waals surface area contributed by atoms with Crippen molar-refractivity contribution in [3.63, 3.8) is 0 Å². The summed E-state index contributed by atoms with van der Waals surface area (Å²) in [5.41, 5.74) is 1.71. The van der Waals surface area contributed by atoms with Gasteiger partial charge < -0.3 is 14.4 Å². The summed E-state index contributed by atoms with van der Waals surface area (Å²) in [5.74, 6) is 1.11. The van der Waals surface area contributed by atoms with Crippen LogP contribution in [0.1, 0.15) is 22.3 Å². The van der Waals surface area contributed by atoms with E-state index >= 15 is 0 Å². The number of halogens is 1. The van der Waals surface area contributed by atoms with Crippen LogP contribution in [0.2, 0.25) is 0 Å². The molecule has 0 saturated carbocycles. The van der Waals surface area contributed by atoms with Crippen molar-refractivity contribution in [1.29, 1.82) is 0 Å². The molecule has 4 rings (SSSR count). The fraction of sp³-hybridized carbons (Fsp3) is 0.350. The maximum absolute atomic E-state index is 13.0. The lowest BCUT2D eigenvalue weighted by Gasteiger charge is -2.22. The Labute approximate surface area is 151 Å². The van der Waals surface area contributed by atoms with E-state index in [1.165, 1.54) is 12.1 Å². The fourth-order valence-electron chi connectivity index (χ4n) is 3.39. The summed E-state index contributed by atoms with van der Waals surface area (Å²) >= 11 is 0. The monoisotopic (exact) mass is 356 g/mol. The molecule has 5 nitrogen and oxygen atoms in total. The molecule has 0 radical (unpaired) electrons. The quantitative estimate of drug-likeness (QED) is 0.848. The van der Waals surface area contributed by atoms with Gasteiger partial charge in [0.15, 0.2) is 11.5 Å². The highest BCUT2D eigenvalue weighted by Crippen LogP contribution is 2.32. The lowest BCUT2D eigenvalue weighted by Crippen LogP contribution is -2.35. The summed E-state index contributed by atoms with van der Waals surface area (Å²) in [5, 5.41) is 0. The van der Waals surface area contributed by atoms with Crippen molar-refractivity contribution in [3.05, 3.63) is 59.4 Å². The van der Waals surface area contributed by atoms with Crippen molar-refractivity contribution in [2.24, 2.45) is 0 Å². The van der Waals surface area contributed by atoms with Crippen LogP contribution in [0, 0.1) is 5.82 Å². The van der Waals surface area contributed by atoms with Crippen molar-refractivity contribution in [3.8, 4) is 11.5 Å². The van der Waals surface area contributed by atoms with Gasteiger partial charge in [0, 0.05) is 38.3 Å². The number of hydrogen-bond acceptors (Lipinski definition) is 4. The number of fused-ring (bicyclic) bond motifs is 1. The third-order valence-corrected chi connectivity index (χ3v) is 4.81. The Kier molecular flexibility index (Phi) is 4.75. The van der Waals surface area contributed by atoms with Crippen LogP contribution < -0.4 is 9.47 Å². The first-order valence-corrected chi connectivity index (χ1v) is 8.85. The van der Waals surface area contributed by atoms with Gasteiger partial charge >= 0.3 is 0 Å². The molecule has 0 bridgehead atoms. The largest absolute Gasteiger partial charge is 0.454 e. The van der Waals surface area contributed by atoms with E-state index in [0.717, 1.165) is 38.2 Å². The van der Waals surface area contributed by atoms with Crippen LogP contribution in [0.5, 0.6) is 11.5 Å². The number of rotatable bonds is 3. The standard InChI is InChI=1S/C20H21FN2O3/c21-17-5-2-15(3-6-17)13-22-8-1-9-23(11-10-22)20(24)16-4-7-18-19(12-16)26-14-25-18/h2-7,12H,1,8-11,13-14H2. The highest BCUT2D eigenvalue weighted by atomic mass is 19.1. The van der Waals surface area contributed by atoms with Crippen LogP contribution in [-0.2, 0) is 6.54 Å². The number of benzene rings is 2. The third kappa shape index (κ3) is 3.65. The Bertz CT molecular complexity index is 794. The Morgan fingerprint density at radius 3 is 2.62 bits per heavy atom. The molecule has 0 spiro atoms. The van der Waals surface area contributed by atoms with Crippen LogP contribution >= 0.6 is 0 Å². The molecule has 2 aromatic rings. The molecule has 136 valence electrons. The molecule has 0 unspecified atom stereocenters. The predicted molar refractivity (Wildman–Crippen MR) is 94.8 cm³/mol. The second kappa shape index (κ2) is 7.33. The summed E-state index contributed by atoms with van der Waals surface area (Å²) in [7, 11) is 0. The van der Waals surface area contributed by atoms with E-state index in [9.17, 15) is 9.18 Å². The van der Waals surface area contributed by atoms with Crippen molar-refractivity contribution in [2.45, 2.75) is 13.0 Å². The van der Waals surface area contributed by atoms with Gasteiger partial charge in [-0.3, -0.25) is 9.69 Å². The first kappa shape index (κ1) is 16.8. The average molecular weight is 356 g/mol. The minimum Gasteiger partial charge on any atom is -0.454 e. The number of ether oxygens (including phenoxy) is 2. The molecule has 0 aromatic heterocycles. The van der Waals surface area contributed by atoms with Gasteiger partial charge in [0.25, 0.3) is 5.91 Å². The first-order chi connectivity index (χ1) is 12.7. The van der Waals surface area contributed by atoms with Crippen LogP contribution in [0.4, 0.5) is 4.39 Å². The zero-order valence-electron chi connectivity index (χ0n) is 14.5. The van der Waals surface area contributed by atoms with Gasteiger partial charge in [-0.05, 0) is 42.3 Å². The van der Waals surface area contributed by atoms with E-state index < -0.39 is 0 Å². The van der Waals surface area contributed by atoms with E-state index in [0.29, 0.717) is 23.6 Å². The predicted octanol–water partition coefficient (Wildman–Crippen LogP) is 2.90. The minimum atomic E-state index is -0.217. The molecule has 2 aliphatic heterocycles. The van der Waals surface area contributed by atoms with E-state index in [2.05, 4.69) is 4.90 Å². The van der Waals surface area contributed by atoms with Crippen LogP contribution in [0.3, 0.4) is 0 Å². The molecule has 2 heterocycles. The topological polar surface area (TPSA) is 42.0 Å². The number of nitrogens with zero attached hydrogens (tertiary/aromatic N) is 2. The SMILES string of the molecule is O=C(c1ccc2c(c1)OCO2)N1CCCN(Cc2ccc(F)cc2)CC1. The lowest BCUT2D eigenvalue weighted by molar-refractivity contribution is 0.0760. The summed E-state index contributed by atoms with van der Waals surface area (Å²) < 4.78 is 23.7. The molecule has 1 saturated heterocycles. The maximum Gasteiger partial charge on any atom is 0.254 e. The van der Waals surface area contributed by atoms with E-state index in [1.54, 1.807) is 18.2 Å². The molecule has 0 aliphatic carbocycles. The maximum atomic E-state index is 13.0. The normalized spacial score (nSPS) is 17.2. The van der Waals surface area contributed by atoms with Crippen molar-refractivity contribution >= 4 is 5.91 Å². The number of amides is 1. The van der Waals surface area contributed by atoms with Crippen molar-refractivity contribution in [2.75, 3.05) is 33.0 Å². The zero-order chi connectivity index (χ0) is 17.9. The first-order valence-electron chi connectivity index (χ1n) is 8.85. The minimum absolute atomic E-state index is 0.0203. The molecular weight excluding hydrogens is 335 g/mol. The van der Waals surface area contributed by atoms with Gasteiger partial charge in [0.2, 0.25) is 6.79 Å². The summed E-state index contributed by atoms with van der Waals surface area (Å²) in [4.78, 5) is 17.0. The van der Waals surface area contributed by atoms with Crippen LogP contribution in [0.25, 0.3) is 0 Å². The molecule has 2 aliphatic rings. The van der Waals surface area contributed by atoms with E-state index in [1.807, 2.05) is 17.0 Å². The van der Waals surface area contributed by atoms with E-state index in [4.69, 9.17) is 9.47 Å². The average Bonchev–Trinajstić information content (AvgIpc) is 3.01. The zero-order valence-corrected chi connectivity index (χ0v) is 14.5. The van der Waals surface area contributed by atoms with Crippen molar-refractivity contribution in [1.82, 2.24) is 9.80 Å². The van der Waals surface area contributed by atoms with Gasteiger partial charge in [-0.2, -0.15) is 0 Å². The molecule has 0 atom stereocenters. The Morgan fingerprint density at radius 2 is 1.77 bits per heavy atom. The lowest BCUT2D eigenvalue weighted by atomic mass is 10.1. The van der Waals surface area contributed by atoms with Gasteiger partial charge in [0.1, 0.15) is 5.82 Å². The summed E-state index contributed by atoms with van der Waals surface area (Å²) in [6.45, 7) is 4.10. The number of carbonyl (C=O) groups excluding carboxylic acids is 1. The Balaban J connectivity index is 1.38. The molecule has 0 N–H and O–H groups in total. The van der Waals surface area contributed by atoms with Crippen LogP contribution in [0.15, 0.2) is 42.5 Å². The molecular formula is C20H21FN2O3. The van der Waals surface area contributed by atoms with E-state index in [-0.39, 0.29) is 18.5 Å². The Morgan fingerprint density at radius 1 is 0.962 bits per heavy atom. The third-order valence-electron chi connectivity index (χ3n) is 4.81. The molecule has 2 aromatic carbocycles. The highest BCUT2D eigenvalue weighted by Gasteiger charge is 2.22. The number of carbonyl (C=O) groups is 1. The second-order valence-corrected chi connectivity index (χ2v) is 6.62. The molecule has 26 heavy (non-hydrogen) atoms. The van der Waals surface area contributed by atoms with Gasteiger partial charge in [-0.15, -0.1) is 0 Å². The molecule has 6 heteroatoms. The summed E-state index contributed by atoms with van der Waals surface area (Å²) in [6, 6.07) is 11.9. The van der Waals surface area contributed by atoms with Crippen LogP contribution in [-0.4, -0.2) is 48.7 Å². The van der Waals surface area contributed by atoms with Gasteiger partial charge in [-0.25, -0.2) is 4.39 Å².